The largest absolute Gasteiger partial charge is 0.457 e. The van der Waals surface area contributed by atoms with Gasteiger partial charge in [0.25, 0.3) is 11.6 Å². The highest BCUT2D eigenvalue weighted by molar-refractivity contribution is 8.27. The molecule has 10 heteroatoms. The average molecular weight is 475 g/mol. The molecule has 31 heavy (non-hydrogen) atoms. The Morgan fingerprint density at radius 2 is 2.03 bits per heavy atom. The van der Waals surface area contributed by atoms with Crippen molar-refractivity contribution in [2.75, 3.05) is 4.90 Å². The third-order valence-electron chi connectivity index (χ3n) is 4.45. The smallest absolute Gasteiger partial charge is 0.270 e. The molecule has 2 aromatic carbocycles. The van der Waals surface area contributed by atoms with E-state index in [1.54, 1.807) is 42.5 Å². The van der Waals surface area contributed by atoms with Gasteiger partial charge in [-0.25, -0.2) is 4.39 Å². The van der Waals surface area contributed by atoms with E-state index in [1.165, 1.54) is 23.1 Å². The van der Waals surface area contributed by atoms with Gasteiger partial charge in [0.2, 0.25) is 0 Å². The summed E-state index contributed by atoms with van der Waals surface area (Å²) in [6, 6.07) is 14.0. The molecule has 4 rings (SSSR count). The first-order chi connectivity index (χ1) is 14.9. The number of amides is 1. The summed E-state index contributed by atoms with van der Waals surface area (Å²) < 4.78 is 19.1. The first kappa shape index (κ1) is 21.2. The maximum atomic E-state index is 13.0. The second kappa shape index (κ2) is 8.62. The van der Waals surface area contributed by atoms with Crippen molar-refractivity contribution < 1.29 is 18.5 Å². The molecule has 0 N–H and O–H groups in total. The van der Waals surface area contributed by atoms with Gasteiger partial charge >= 0.3 is 0 Å². The minimum absolute atomic E-state index is 0.124. The van der Waals surface area contributed by atoms with Crippen LogP contribution in [0.1, 0.15) is 11.3 Å². The van der Waals surface area contributed by atoms with E-state index in [1.807, 2.05) is 0 Å². The Hall–Kier alpha value is -3.01. The molecule has 0 radical (unpaired) electrons. The number of benzene rings is 2. The van der Waals surface area contributed by atoms with E-state index in [4.69, 9.17) is 28.2 Å². The highest BCUT2D eigenvalue weighted by atomic mass is 35.5. The number of alkyl halides is 1. The minimum Gasteiger partial charge on any atom is -0.457 e. The molecule has 1 amide bonds. The van der Waals surface area contributed by atoms with Crippen LogP contribution in [0.25, 0.3) is 17.4 Å². The summed E-state index contributed by atoms with van der Waals surface area (Å²) in [6.07, 6.45) is 1.56. The molecule has 3 aromatic rings. The van der Waals surface area contributed by atoms with Crippen LogP contribution in [0, 0.1) is 10.1 Å². The zero-order chi connectivity index (χ0) is 22.1. The zero-order valence-electron chi connectivity index (χ0n) is 15.6. The Morgan fingerprint density at radius 1 is 1.23 bits per heavy atom. The van der Waals surface area contributed by atoms with Crippen molar-refractivity contribution in [3.8, 4) is 11.3 Å². The second-order valence-electron chi connectivity index (χ2n) is 6.44. The summed E-state index contributed by atoms with van der Waals surface area (Å²) in [7, 11) is 0. The number of hydrogen-bond acceptors (Lipinski definition) is 6. The van der Waals surface area contributed by atoms with Crippen molar-refractivity contribution in [1.82, 2.24) is 0 Å². The first-order valence-corrected chi connectivity index (χ1v) is 10.4. The highest BCUT2D eigenvalue weighted by Crippen LogP contribution is 2.38. The molecular weight excluding hydrogens is 463 g/mol. The number of furan rings is 1. The summed E-state index contributed by atoms with van der Waals surface area (Å²) in [6.45, 7) is -0.640. The second-order valence-corrected chi connectivity index (χ2v) is 8.53. The molecule has 156 valence electrons. The Balaban J connectivity index is 1.60. The number of thiocarbonyl (C=S) groups is 1. The third-order valence-corrected chi connectivity index (χ3v) is 6.06. The first-order valence-electron chi connectivity index (χ1n) is 8.84. The number of anilines is 1. The maximum absolute atomic E-state index is 13.0. The molecule has 6 nitrogen and oxygen atoms in total. The van der Waals surface area contributed by atoms with Gasteiger partial charge in [0.05, 0.1) is 20.5 Å². The number of carbonyl (C=O) groups is 1. The molecular formula is C21H12ClFN2O4S2. The van der Waals surface area contributed by atoms with Crippen LogP contribution in [0.5, 0.6) is 0 Å². The maximum Gasteiger partial charge on any atom is 0.270 e. The fourth-order valence-corrected chi connectivity index (χ4v) is 4.54. The van der Waals surface area contributed by atoms with Gasteiger partial charge in [-0.1, -0.05) is 47.7 Å². The summed E-state index contributed by atoms with van der Waals surface area (Å²) >= 11 is 12.6. The molecule has 0 unspecified atom stereocenters. The van der Waals surface area contributed by atoms with Gasteiger partial charge in [0.1, 0.15) is 18.2 Å². The lowest BCUT2D eigenvalue weighted by Gasteiger charge is -2.15. The number of nitro groups is 1. The summed E-state index contributed by atoms with van der Waals surface area (Å²) in [5, 5.41) is 11.0. The van der Waals surface area contributed by atoms with E-state index in [0.717, 1.165) is 11.8 Å². The van der Waals surface area contributed by atoms with Crippen LogP contribution in [0.3, 0.4) is 0 Å². The lowest BCUT2D eigenvalue weighted by atomic mass is 10.1. The molecule has 0 spiro atoms. The lowest BCUT2D eigenvalue weighted by Crippen LogP contribution is -2.27. The molecule has 1 fully saturated rings. The van der Waals surface area contributed by atoms with Crippen LogP contribution in [-0.4, -0.2) is 15.2 Å². The van der Waals surface area contributed by atoms with Crippen LogP contribution in [0.2, 0.25) is 5.02 Å². The molecule has 2 heterocycles. The number of hydrogen-bond donors (Lipinski definition) is 0. The molecule has 1 aromatic heterocycles. The van der Waals surface area contributed by atoms with Crippen LogP contribution in [0.4, 0.5) is 15.8 Å². The predicted octanol–water partition coefficient (Wildman–Crippen LogP) is 6.38. The van der Waals surface area contributed by atoms with Crippen molar-refractivity contribution in [3.05, 3.63) is 86.0 Å². The van der Waals surface area contributed by atoms with Gasteiger partial charge in [-0.2, -0.15) is 0 Å². The van der Waals surface area contributed by atoms with E-state index in [9.17, 15) is 19.3 Å². The number of non-ortho nitro benzene ring substituents is 1. The normalized spacial score (nSPS) is 15.2. The van der Waals surface area contributed by atoms with Gasteiger partial charge in [0, 0.05) is 23.8 Å². The molecule has 0 atom stereocenters. The number of nitrogens with zero attached hydrogens (tertiary/aromatic N) is 2. The van der Waals surface area contributed by atoms with Crippen molar-refractivity contribution in [2.45, 2.75) is 6.67 Å². The van der Waals surface area contributed by atoms with E-state index >= 15 is 0 Å². The third kappa shape index (κ3) is 4.25. The summed E-state index contributed by atoms with van der Waals surface area (Å²) in [5.74, 6) is 0.456. The van der Waals surface area contributed by atoms with E-state index in [2.05, 4.69) is 0 Å². The van der Waals surface area contributed by atoms with Gasteiger partial charge < -0.3 is 4.42 Å². The van der Waals surface area contributed by atoms with Crippen molar-refractivity contribution >= 4 is 63.3 Å². The SMILES string of the molecule is O=C1C(=Cc2ccc(-c3ccc([N+](=O)[O-])cc3Cl)o2)SC(=S)N1c1cccc(CF)c1. The number of rotatable bonds is 5. The van der Waals surface area contributed by atoms with E-state index in [0.29, 0.717) is 37.6 Å². The van der Waals surface area contributed by atoms with Crippen molar-refractivity contribution in [2.24, 2.45) is 0 Å². The molecule has 1 saturated heterocycles. The van der Waals surface area contributed by atoms with E-state index in [-0.39, 0.29) is 16.6 Å². The molecule has 1 aliphatic heterocycles. The molecule has 0 saturated carbocycles. The van der Waals surface area contributed by atoms with Crippen LogP contribution in [0.15, 0.2) is 63.9 Å². The number of thioether (sulfide) groups is 1. The molecule has 0 aliphatic carbocycles. The van der Waals surface area contributed by atoms with Crippen molar-refractivity contribution in [1.29, 1.82) is 0 Å². The number of nitro benzene ring substituents is 1. The highest BCUT2D eigenvalue weighted by Gasteiger charge is 2.33. The van der Waals surface area contributed by atoms with E-state index < -0.39 is 11.6 Å². The van der Waals surface area contributed by atoms with Gasteiger partial charge in [-0.15, -0.1) is 0 Å². The fourth-order valence-electron chi connectivity index (χ4n) is 2.99. The Bertz CT molecular complexity index is 1260. The van der Waals surface area contributed by atoms with Gasteiger partial charge in [-0.3, -0.25) is 19.8 Å². The number of carbonyl (C=O) groups excluding carboxylic acids is 1. The number of halogens is 2. The van der Waals surface area contributed by atoms with Gasteiger partial charge in [-0.05, 0) is 35.9 Å². The topological polar surface area (TPSA) is 76.6 Å². The fraction of sp³-hybridized carbons (Fsp3) is 0.0476. The zero-order valence-corrected chi connectivity index (χ0v) is 18.0. The van der Waals surface area contributed by atoms with Crippen molar-refractivity contribution in [3.63, 3.8) is 0 Å². The van der Waals surface area contributed by atoms with Crippen LogP contribution in [-0.2, 0) is 11.5 Å². The lowest BCUT2D eigenvalue weighted by molar-refractivity contribution is -0.384. The van der Waals surface area contributed by atoms with Crippen LogP contribution < -0.4 is 4.90 Å². The minimum atomic E-state index is -0.640. The Kier molecular flexibility index (Phi) is 5.90. The van der Waals surface area contributed by atoms with Gasteiger partial charge in [0.15, 0.2) is 4.32 Å². The quantitative estimate of drug-likeness (QED) is 0.185. The summed E-state index contributed by atoms with van der Waals surface area (Å²) in [5.41, 5.74) is 1.31. The average Bonchev–Trinajstić information content (AvgIpc) is 3.32. The molecule has 0 bridgehead atoms. The summed E-state index contributed by atoms with van der Waals surface area (Å²) in [4.78, 5) is 24.9. The Labute approximate surface area is 190 Å². The molecule has 1 aliphatic rings. The Morgan fingerprint density at radius 3 is 2.74 bits per heavy atom. The predicted molar refractivity (Wildman–Crippen MR) is 123 cm³/mol. The van der Waals surface area contributed by atoms with Crippen LogP contribution >= 0.6 is 35.6 Å². The monoisotopic (exact) mass is 474 g/mol. The standard InChI is InChI=1S/C21H12ClFN2O4S2/c22-17-9-14(25(27)28)4-6-16(17)18-7-5-15(29-18)10-19-20(26)24(21(30)31-19)13-3-1-2-12(8-13)11-23/h1-10H,11H2.